The van der Waals surface area contributed by atoms with E-state index >= 15 is 0 Å². The lowest BCUT2D eigenvalue weighted by Crippen LogP contribution is -2.21. The van der Waals surface area contributed by atoms with Crippen molar-refractivity contribution in [2.24, 2.45) is 0 Å². The lowest BCUT2D eigenvalue weighted by molar-refractivity contribution is -0.385. The number of nitrogens with zero attached hydrogens (tertiary/aromatic N) is 5. The third-order valence-corrected chi connectivity index (χ3v) is 4.38. The van der Waals surface area contributed by atoms with Crippen molar-refractivity contribution in [2.45, 2.75) is 20.0 Å². The molecule has 1 amide bonds. The van der Waals surface area contributed by atoms with Gasteiger partial charge >= 0.3 is 5.69 Å². The van der Waals surface area contributed by atoms with Crippen LogP contribution in [0.3, 0.4) is 0 Å². The molecule has 140 valence electrons. The van der Waals surface area contributed by atoms with Crippen LogP contribution in [0.25, 0.3) is 0 Å². The third-order valence-electron chi connectivity index (χ3n) is 3.80. The maximum Gasteiger partial charge on any atom is 0.309 e. The molecule has 0 radical (unpaired) electrons. The first-order valence-corrected chi connectivity index (χ1v) is 8.57. The van der Waals surface area contributed by atoms with E-state index in [2.05, 4.69) is 31.4 Å². The van der Waals surface area contributed by atoms with Crippen LogP contribution in [0, 0.1) is 22.9 Å². The third kappa shape index (κ3) is 4.37. The van der Waals surface area contributed by atoms with Gasteiger partial charge in [0.1, 0.15) is 24.3 Å². The maximum atomic E-state index is 13.0. The van der Waals surface area contributed by atoms with E-state index in [9.17, 15) is 19.3 Å². The number of carbonyl (C=O) groups excluding carboxylic acids is 1. The molecule has 0 saturated carbocycles. The number of amides is 1. The summed E-state index contributed by atoms with van der Waals surface area (Å²) in [5.74, 6) is -0.437. The largest absolute Gasteiger partial charge is 0.309 e. The second-order valence-electron chi connectivity index (χ2n) is 5.73. The highest BCUT2D eigenvalue weighted by molar-refractivity contribution is 9.10. The Morgan fingerprint density at radius 1 is 1.37 bits per heavy atom. The minimum absolute atomic E-state index is 0.146. The Balaban J connectivity index is 1.67. The highest BCUT2D eigenvalue weighted by atomic mass is 79.9. The van der Waals surface area contributed by atoms with Gasteiger partial charge in [0.05, 0.1) is 15.9 Å². The predicted octanol–water partition coefficient (Wildman–Crippen LogP) is 2.88. The molecule has 1 aromatic carbocycles. The van der Waals surface area contributed by atoms with E-state index in [1.807, 2.05) is 0 Å². The number of halogens is 2. The van der Waals surface area contributed by atoms with Gasteiger partial charge in [0.15, 0.2) is 5.82 Å². The molecule has 0 bridgehead atoms. The second kappa shape index (κ2) is 7.66. The van der Waals surface area contributed by atoms with Crippen molar-refractivity contribution in [1.82, 2.24) is 19.6 Å². The minimum atomic E-state index is -0.551. The predicted molar refractivity (Wildman–Crippen MR) is 97.7 cm³/mol. The average Bonchev–Trinajstić information content (AvgIpc) is 3.13. The van der Waals surface area contributed by atoms with Crippen LogP contribution in [-0.4, -0.2) is 30.4 Å². The molecule has 3 aromatic rings. The molecular formula is C16H14BrFN6O3. The van der Waals surface area contributed by atoms with E-state index in [4.69, 9.17) is 0 Å². The van der Waals surface area contributed by atoms with Gasteiger partial charge in [0.2, 0.25) is 5.91 Å². The summed E-state index contributed by atoms with van der Waals surface area (Å²) >= 11 is 3.32. The number of aromatic nitrogens is 4. The molecule has 9 nitrogen and oxygen atoms in total. The van der Waals surface area contributed by atoms with Crippen LogP contribution < -0.4 is 5.32 Å². The molecule has 2 heterocycles. The monoisotopic (exact) mass is 436 g/mol. The quantitative estimate of drug-likeness (QED) is 0.471. The van der Waals surface area contributed by atoms with E-state index in [1.54, 1.807) is 23.0 Å². The van der Waals surface area contributed by atoms with Gasteiger partial charge in [0, 0.05) is 6.20 Å². The van der Waals surface area contributed by atoms with E-state index in [1.165, 1.54) is 23.7 Å². The fourth-order valence-electron chi connectivity index (χ4n) is 2.42. The molecule has 0 aliphatic heterocycles. The number of hydrogen-bond donors (Lipinski definition) is 1. The number of nitrogens with one attached hydrogen (secondary N) is 1. The maximum absolute atomic E-state index is 13.0. The fourth-order valence-corrected chi connectivity index (χ4v) is 2.84. The zero-order valence-electron chi connectivity index (χ0n) is 14.1. The number of nitro groups is 1. The lowest BCUT2D eigenvalue weighted by Gasteiger charge is -2.05. The van der Waals surface area contributed by atoms with Crippen LogP contribution in [0.4, 0.5) is 15.9 Å². The van der Waals surface area contributed by atoms with Crippen molar-refractivity contribution in [3.63, 3.8) is 0 Å². The summed E-state index contributed by atoms with van der Waals surface area (Å²) in [6.07, 6.45) is 2.79. The van der Waals surface area contributed by atoms with Gasteiger partial charge in [-0.3, -0.25) is 24.3 Å². The summed E-state index contributed by atoms with van der Waals surface area (Å²) < 4.78 is 16.4. The summed E-state index contributed by atoms with van der Waals surface area (Å²) in [5.41, 5.74) is 0.993. The lowest BCUT2D eigenvalue weighted by atomic mass is 10.2. The number of benzene rings is 1. The van der Waals surface area contributed by atoms with Crippen molar-refractivity contribution in [2.75, 3.05) is 5.32 Å². The minimum Gasteiger partial charge on any atom is -0.307 e. The van der Waals surface area contributed by atoms with Gasteiger partial charge in [-0.05, 0) is 40.5 Å². The Labute approximate surface area is 161 Å². The molecule has 0 fully saturated rings. The Bertz CT molecular complexity index is 998. The number of anilines is 1. The van der Waals surface area contributed by atoms with Gasteiger partial charge < -0.3 is 5.32 Å². The Hall–Kier alpha value is -3.08. The van der Waals surface area contributed by atoms with Crippen LogP contribution in [0.1, 0.15) is 11.3 Å². The smallest absolute Gasteiger partial charge is 0.307 e. The molecule has 1 N–H and O–H groups in total. The molecule has 0 atom stereocenters. The van der Waals surface area contributed by atoms with Gasteiger partial charge in [0.25, 0.3) is 0 Å². The summed E-state index contributed by atoms with van der Waals surface area (Å²) in [7, 11) is 0. The first kappa shape index (κ1) is 18.7. The Morgan fingerprint density at radius 3 is 2.70 bits per heavy atom. The summed E-state index contributed by atoms with van der Waals surface area (Å²) in [5, 5.41) is 21.6. The van der Waals surface area contributed by atoms with Crippen molar-refractivity contribution in [1.29, 1.82) is 0 Å². The van der Waals surface area contributed by atoms with Crippen molar-refractivity contribution >= 4 is 33.3 Å². The van der Waals surface area contributed by atoms with Gasteiger partial charge in [-0.2, -0.15) is 10.2 Å². The van der Waals surface area contributed by atoms with Gasteiger partial charge in [-0.15, -0.1) is 0 Å². The average molecular weight is 437 g/mol. The SMILES string of the molecule is Cc1c([N+](=O)[O-])cnn1CC(=O)Nc1nn(Cc2ccc(F)cc2)cc1Br. The highest BCUT2D eigenvalue weighted by Crippen LogP contribution is 2.21. The molecular weight excluding hydrogens is 423 g/mol. The summed E-state index contributed by atoms with van der Waals surface area (Å²) in [6.45, 7) is 1.74. The molecule has 2 aromatic heterocycles. The topological polar surface area (TPSA) is 108 Å². The highest BCUT2D eigenvalue weighted by Gasteiger charge is 2.18. The summed E-state index contributed by atoms with van der Waals surface area (Å²) in [6, 6.07) is 6.03. The zero-order valence-corrected chi connectivity index (χ0v) is 15.7. The van der Waals surface area contributed by atoms with E-state index in [0.717, 1.165) is 11.8 Å². The first-order valence-electron chi connectivity index (χ1n) is 7.77. The van der Waals surface area contributed by atoms with E-state index in [-0.39, 0.29) is 23.7 Å². The zero-order chi connectivity index (χ0) is 19.6. The number of carbonyl (C=O) groups is 1. The van der Waals surface area contributed by atoms with Gasteiger partial charge in [-0.1, -0.05) is 12.1 Å². The molecule has 0 aliphatic rings. The van der Waals surface area contributed by atoms with Crippen LogP contribution in [-0.2, 0) is 17.9 Å². The van der Waals surface area contributed by atoms with Crippen LogP contribution in [0.5, 0.6) is 0 Å². The molecule has 11 heteroatoms. The fraction of sp³-hybridized carbons (Fsp3) is 0.188. The molecule has 27 heavy (non-hydrogen) atoms. The van der Waals surface area contributed by atoms with Crippen LogP contribution in [0.15, 0.2) is 41.1 Å². The number of hydrogen-bond acceptors (Lipinski definition) is 5. The van der Waals surface area contributed by atoms with Gasteiger partial charge in [-0.25, -0.2) is 4.39 Å². The van der Waals surface area contributed by atoms with Crippen molar-refractivity contribution in [3.8, 4) is 0 Å². The Morgan fingerprint density at radius 2 is 2.07 bits per heavy atom. The van der Waals surface area contributed by atoms with E-state index in [0.29, 0.717) is 16.8 Å². The van der Waals surface area contributed by atoms with E-state index < -0.39 is 10.8 Å². The molecule has 0 spiro atoms. The summed E-state index contributed by atoms with van der Waals surface area (Å²) in [4.78, 5) is 22.5. The van der Waals surface area contributed by atoms with Crippen LogP contribution >= 0.6 is 15.9 Å². The van der Waals surface area contributed by atoms with Crippen molar-refractivity contribution in [3.05, 3.63) is 68.3 Å². The van der Waals surface area contributed by atoms with Crippen LogP contribution in [0.2, 0.25) is 0 Å². The standard InChI is InChI=1S/C16H14BrFN6O3/c1-10-14(24(26)27)6-19-23(10)9-15(25)20-16-13(17)8-22(21-16)7-11-2-4-12(18)5-3-11/h2-6,8H,7,9H2,1H3,(H,20,21,25). The molecule has 3 rings (SSSR count). The molecule has 0 aliphatic carbocycles. The van der Waals surface area contributed by atoms with Crippen molar-refractivity contribution < 1.29 is 14.1 Å². The first-order chi connectivity index (χ1) is 12.8. The molecule has 0 unspecified atom stereocenters. The second-order valence-corrected chi connectivity index (χ2v) is 6.58. The normalized spacial score (nSPS) is 10.8. The number of rotatable bonds is 6. The molecule has 0 saturated heterocycles. The Kier molecular flexibility index (Phi) is 5.31.